The lowest BCUT2D eigenvalue weighted by atomic mass is 10.0. The average molecular weight is 421 g/mol. The van der Waals surface area contributed by atoms with E-state index >= 15 is 0 Å². The summed E-state index contributed by atoms with van der Waals surface area (Å²) in [4.78, 5) is 34.3. The Hall–Kier alpha value is -2.48. The Kier molecular flexibility index (Phi) is 6.61. The summed E-state index contributed by atoms with van der Waals surface area (Å²) in [5.74, 6) is -0.502. The van der Waals surface area contributed by atoms with Crippen molar-refractivity contribution in [3.63, 3.8) is 0 Å². The van der Waals surface area contributed by atoms with Crippen molar-refractivity contribution in [2.75, 3.05) is 26.8 Å². The van der Waals surface area contributed by atoms with E-state index in [9.17, 15) is 9.59 Å². The molecule has 28 heavy (non-hydrogen) atoms. The second kappa shape index (κ2) is 9.14. The minimum absolute atomic E-state index is 0.205. The molecule has 0 radical (unpaired) electrons. The van der Waals surface area contributed by atoms with Crippen molar-refractivity contribution < 1.29 is 14.3 Å². The van der Waals surface area contributed by atoms with Crippen LogP contribution in [0.2, 0.25) is 5.15 Å². The number of rotatable bonds is 4. The van der Waals surface area contributed by atoms with E-state index < -0.39 is 0 Å². The smallest absolute Gasteiger partial charge is 0.269 e. The van der Waals surface area contributed by atoms with Gasteiger partial charge in [0, 0.05) is 37.0 Å². The molecule has 1 fully saturated rings. The standard InChI is InChI=1S/C19H18Cl2N4O3/c1-22-19(27)15-8-12(3-5-23-15)14-9-13(10-17(21)24-14)16-11-28-7-6-25(16)18(26)2-4-20/h2-5,8-10,16H,6-7,11H2,1H3,(H,22,27)/b4-2-/t16-/m0/s1. The number of ether oxygens (including phenoxy) is 1. The molecule has 0 aliphatic carbocycles. The van der Waals surface area contributed by atoms with E-state index in [0.717, 1.165) is 5.56 Å². The number of morpholine rings is 1. The van der Waals surface area contributed by atoms with Crippen LogP contribution in [0.1, 0.15) is 22.1 Å². The van der Waals surface area contributed by atoms with Crippen molar-refractivity contribution in [2.24, 2.45) is 0 Å². The Balaban J connectivity index is 1.99. The molecule has 9 heteroatoms. The predicted molar refractivity (Wildman–Crippen MR) is 106 cm³/mol. The Labute approximate surface area is 172 Å². The fraction of sp³-hybridized carbons (Fsp3) is 0.263. The summed E-state index contributed by atoms with van der Waals surface area (Å²) in [5.41, 5.74) is 3.50. The third-order valence-electron chi connectivity index (χ3n) is 4.33. The van der Waals surface area contributed by atoms with Crippen LogP contribution in [0.4, 0.5) is 0 Å². The minimum atomic E-state index is -0.325. The van der Waals surface area contributed by atoms with E-state index in [0.29, 0.717) is 31.0 Å². The quantitative estimate of drug-likeness (QED) is 0.606. The van der Waals surface area contributed by atoms with Crippen LogP contribution in [0.5, 0.6) is 0 Å². The SMILES string of the molecule is CNC(=O)c1cc(-c2cc([C@@H]3COCCN3C(=O)/C=C\Cl)cc(Cl)n2)ccn1. The molecule has 1 N–H and O–H groups in total. The van der Waals surface area contributed by atoms with Crippen LogP contribution < -0.4 is 5.32 Å². The molecular weight excluding hydrogens is 403 g/mol. The van der Waals surface area contributed by atoms with Gasteiger partial charge in [0.05, 0.1) is 24.9 Å². The zero-order valence-corrected chi connectivity index (χ0v) is 16.6. The predicted octanol–water partition coefficient (Wildman–Crippen LogP) is 2.81. The van der Waals surface area contributed by atoms with Gasteiger partial charge in [-0.1, -0.05) is 23.2 Å². The first kappa shape index (κ1) is 20.3. The Morgan fingerprint density at radius 2 is 2.18 bits per heavy atom. The van der Waals surface area contributed by atoms with Gasteiger partial charge in [0.1, 0.15) is 10.8 Å². The van der Waals surface area contributed by atoms with E-state index in [2.05, 4.69) is 15.3 Å². The Bertz CT molecular complexity index is 920. The summed E-state index contributed by atoms with van der Waals surface area (Å²) in [6.45, 7) is 1.22. The van der Waals surface area contributed by atoms with Crippen LogP contribution in [0.15, 0.2) is 42.1 Å². The number of nitrogens with zero attached hydrogens (tertiary/aromatic N) is 3. The van der Waals surface area contributed by atoms with Crippen molar-refractivity contribution in [3.05, 3.63) is 58.5 Å². The van der Waals surface area contributed by atoms with Crippen molar-refractivity contribution in [3.8, 4) is 11.3 Å². The highest BCUT2D eigenvalue weighted by molar-refractivity contribution is 6.29. The average Bonchev–Trinajstić information content (AvgIpc) is 2.73. The molecule has 1 saturated heterocycles. The lowest BCUT2D eigenvalue weighted by Gasteiger charge is -2.35. The van der Waals surface area contributed by atoms with Gasteiger partial charge in [0.25, 0.3) is 5.91 Å². The number of pyridine rings is 2. The molecule has 2 aromatic rings. The van der Waals surface area contributed by atoms with Gasteiger partial charge in [-0.15, -0.1) is 0 Å². The van der Waals surface area contributed by atoms with Crippen LogP contribution in [0.25, 0.3) is 11.3 Å². The first-order chi connectivity index (χ1) is 13.5. The Morgan fingerprint density at radius 1 is 1.36 bits per heavy atom. The first-order valence-corrected chi connectivity index (χ1v) is 9.36. The maximum Gasteiger partial charge on any atom is 0.269 e. The van der Waals surface area contributed by atoms with Crippen LogP contribution >= 0.6 is 23.2 Å². The monoisotopic (exact) mass is 420 g/mol. The molecule has 0 saturated carbocycles. The largest absolute Gasteiger partial charge is 0.377 e. The molecule has 7 nitrogen and oxygen atoms in total. The molecule has 2 amide bonds. The van der Waals surface area contributed by atoms with Crippen molar-refractivity contribution in [2.45, 2.75) is 6.04 Å². The third kappa shape index (κ3) is 4.49. The number of nitrogens with one attached hydrogen (secondary N) is 1. The maximum absolute atomic E-state index is 12.4. The fourth-order valence-electron chi connectivity index (χ4n) is 2.99. The Morgan fingerprint density at radius 3 is 2.93 bits per heavy atom. The molecule has 1 aliphatic heterocycles. The number of hydrogen-bond donors (Lipinski definition) is 1. The molecule has 1 atom stereocenters. The van der Waals surface area contributed by atoms with Crippen molar-refractivity contribution in [1.29, 1.82) is 0 Å². The molecule has 146 valence electrons. The lowest BCUT2D eigenvalue weighted by Crippen LogP contribution is -2.42. The van der Waals surface area contributed by atoms with Crippen LogP contribution in [0, 0.1) is 0 Å². The van der Waals surface area contributed by atoms with E-state index in [4.69, 9.17) is 27.9 Å². The highest BCUT2D eigenvalue weighted by Gasteiger charge is 2.28. The molecule has 2 aromatic heterocycles. The van der Waals surface area contributed by atoms with E-state index in [-0.39, 0.29) is 28.7 Å². The molecule has 3 heterocycles. The second-order valence-corrected chi connectivity index (χ2v) is 6.67. The zero-order chi connectivity index (χ0) is 20.1. The van der Waals surface area contributed by atoms with E-state index in [1.165, 1.54) is 24.9 Å². The van der Waals surface area contributed by atoms with Gasteiger partial charge in [0.15, 0.2) is 0 Å². The van der Waals surface area contributed by atoms with Gasteiger partial charge in [-0.3, -0.25) is 14.6 Å². The number of carbonyl (C=O) groups is 2. The number of hydrogen-bond acceptors (Lipinski definition) is 5. The summed E-state index contributed by atoms with van der Waals surface area (Å²) >= 11 is 11.8. The van der Waals surface area contributed by atoms with E-state index in [1.54, 1.807) is 23.1 Å². The summed E-state index contributed by atoms with van der Waals surface area (Å²) in [7, 11) is 1.54. The normalized spacial score (nSPS) is 17.0. The first-order valence-electron chi connectivity index (χ1n) is 8.54. The second-order valence-electron chi connectivity index (χ2n) is 6.03. The fourth-order valence-corrected chi connectivity index (χ4v) is 3.32. The van der Waals surface area contributed by atoms with Crippen molar-refractivity contribution >= 4 is 35.0 Å². The van der Waals surface area contributed by atoms with Crippen LogP contribution in [-0.2, 0) is 9.53 Å². The summed E-state index contributed by atoms with van der Waals surface area (Å²) < 4.78 is 5.57. The minimum Gasteiger partial charge on any atom is -0.377 e. The zero-order valence-electron chi connectivity index (χ0n) is 15.1. The summed E-state index contributed by atoms with van der Waals surface area (Å²) in [5, 5.41) is 2.81. The molecule has 1 aliphatic rings. The van der Waals surface area contributed by atoms with Gasteiger partial charge < -0.3 is 15.0 Å². The molecule has 0 bridgehead atoms. The topological polar surface area (TPSA) is 84.4 Å². The van der Waals surface area contributed by atoms with Gasteiger partial charge in [0.2, 0.25) is 5.91 Å². The van der Waals surface area contributed by atoms with Gasteiger partial charge in [-0.25, -0.2) is 4.98 Å². The highest BCUT2D eigenvalue weighted by atomic mass is 35.5. The van der Waals surface area contributed by atoms with Gasteiger partial charge in [-0.05, 0) is 29.8 Å². The number of amides is 2. The summed E-state index contributed by atoms with van der Waals surface area (Å²) in [6, 6.07) is 6.59. The molecule has 0 unspecified atom stereocenters. The molecular formula is C19H18Cl2N4O3. The molecule has 0 spiro atoms. The van der Waals surface area contributed by atoms with Gasteiger partial charge >= 0.3 is 0 Å². The van der Waals surface area contributed by atoms with Crippen LogP contribution in [0.3, 0.4) is 0 Å². The highest BCUT2D eigenvalue weighted by Crippen LogP contribution is 2.30. The van der Waals surface area contributed by atoms with E-state index in [1.807, 2.05) is 6.07 Å². The number of aromatic nitrogens is 2. The molecule has 0 aromatic carbocycles. The number of carbonyl (C=O) groups excluding carboxylic acids is 2. The number of halogens is 2. The maximum atomic E-state index is 12.4. The summed E-state index contributed by atoms with van der Waals surface area (Å²) in [6.07, 6.45) is 2.84. The van der Waals surface area contributed by atoms with Crippen LogP contribution in [-0.4, -0.2) is 53.5 Å². The van der Waals surface area contributed by atoms with Gasteiger partial charge in [-0.2, -0.15) is 0 Å². The lowest BCUT2D eigenvalue weighted by molar-refractivity contribution is -0.134. The van der Waals surface area contributed by atoms with Crippen molar-refractivity contribution in [1.82, 2.24) is 20.2 Å². The molecule has 3 rings (SSSR count). The third-order valence-corrected chi connectivity index (χ3v) is 4.65.